The first kappa shape index (κ1) is 16.8. The van der Waals surface area contributed by atoms with Gasteiger partial charge in [0.15, 0.2) is 0 Å². The lowest BCUT2D eigenvalue weighted by Crippen LogP contribution is -2.30. The number of hydrogen-bond acceptors (Lipinski definition) is 4. The maximum absolute atomic E-state index is 11.5. The van der Waals surface area contributed by atoms with Gasteiger partial charge in [0.1, 0.15) is 5.82 Å². The zero-order chi connectivity index (χ0) is 13.7. The summed E-state index contributed by atoms with van der Waals surface area (Å²) < 4.78 is 0. The van der Waals surface area contributed by atoms with Crippen LogP contribution in [0.1, 0.15) is 18.0 Å². The molecule has 1 heterocycles. The first-order chi connectivity index (χ1) is 9.20. The van der Waals surface area contributed by atoms with Crippen molar-refractivity contribution in [3.8, 4) is 0 Å². The van der Waals surface area contributed by atoms with Crippen LogP contribution in [0, 0.1) is 0 Å². The average molecular weight is 315 g/mol. The lowest BCUT2D eigenvalue weighted by atomic mass is 10.3. The Hall–Kier alpha value is -1.24. The standard InChI is InChI=1S/C13H18N4OS.ClH/c1-9(19-8-12(18)15-7-6-14)13-16-10-4-2-3-5-11(10)17-13;/h2-5,9H,6-8,14H2,1H3,(H,15,18)(H,16,17);1H. The number of carbonyl (C=O) groups is 1. The third kappa shape index (κ3) is 4.40. The molecule has 0 spiro atoms. The number of halogens is 1. The van der Waals surface area contributed by atoms with Crippen molar-refractivity contribution in [3.05, 3.63) is 30.1 Å². The number of imidazole rings is 1. The summed E-state index contributed by atoms with van der Waals surface area (Å²) in [5.74, 6) is 1.33. The molecule has 5 nitrogen and oxygen atoms in total. The second kappa shape index (κ2) is 8.14. The maximum atomic E-state index is 11.5. The molecule has 1 unspecified atom stereocenters. The predicted molar refractivity (Wildman–Crippen MR) is 86.3 cm³/mol. The van der Waals surface area contributed by atoms with Crippen molar-refractivity contribution in [1.29, 1.82) is 0 Å². The Kier molecular flexibility index (Phi) is 6.84. The molecule has 0 bridgehead atoms. The minimum atomic E-state index is 0. The summed E-state index contributed by atoms with van der Waals surface area (Å²) in [5, 5.41) is 2.90. The van der Waals surface area contributed by atoms with Crippen molar-refractivity contribution in [2.45, 2.75) is 12.2 Å². The van der Waals surface area contributed by atoms with Crippen LogP contribution in [0.3, 0.4) is 0 Å². The van der Waals surface area contributed by atoms with Crippen LogP contribution in [0.25, 0.3) is 11.0 Å². The number of H-pyrrole nitrogens is 1. The third-order valence-corrected chi connectivity index (χ3v) is 3.88. The topological polar surface area (TPSA) is 83.8 Å². The molecule has 1 aromatic heterocycles. The largest absolute Gasteiger partial charge is 0.354 e. The molecule has 2 aromatic rings. The molecule has 7 heteroatoms. The highest BCUT2D eigenvalue weighted by molar-refractivity contribution is 8.00. The van der Waals surface area contributed by atoms with Crippen LogP contribution in [0.4, 0.5) is 0 Å². The van der Waals surface area contributed by atoms with Gasteiger partial charge < -0.3 is 16.0 Å². The van der Waals surface area contributed by atoms with Crippen LogP contribution >= 0.6 is 24.2 Å². The van der Waals surface area contributed by atoms with E-state index in [0.29, 0.717) is 18.8 Å². The van der Waals surface area contributed by atoms with E-state index in [1.165, 1.54) is 0 Å². The molecule has 0 aliphatic heterocycles. The van der Waals surface area contributed by atoms with Crippen LogP contribution in [0.5, 0.6) is 0 Å². The molecule has 0 fully saturated rings. The number of thioether (sulfide) groups is 1. The summed E-state index contributed by atoms with van der Waals surface area (Å²) >= 11 is 1.56. The van der Waals surface area contributed by atoms with Crippen molar-refractivity contribution >= 4 is 41.1 Å². The number of carbonyl (C=O) groups excluding carboxylic acids is 1. The van der Waals surface area contributed by atoms with E-state index < -0.39 is 0 Å². The monoisotopic (exact) mass is 314 g/mol. The lowest BCUT2D eigenvalue weighted by molar-refractivity contribution is -0.118. The smallest absolute Gasteiger partial charge is 0.230 e. The summed E-state index contributed by atoms with van der Waals surface area (Å²) in [4.78, 5) is 19.3. The quantitative estimate of drug-likeness (QED) is 0.760. The van der Waals surface area contributed by atoms with Crippen molar-refractivity contribution < 1.29 is 4.79 Å². The molecule has 1 atom stereocenters. The van der Waals surface area contributed by atoms with Gasteiger partial charge in [-0.15, -0.1) is 24.2 Å². The number of nitrogens with zero attached hydrogens (tertiary/aromatic N) is 1. The molecule has 0 radical (unpaired) electrons. The van der Waals surface area contributed by atoms with Gasteiger partial charge >= 0.3 is 0 Å². The zero-order valence-corrected chi connectivity index (χ0v) is 12.9. The van der Waals surface area contributed by atoms with Gasteiger partial charge in [0.05, 0.1) is 22.0 Å². The number of fused-ring (bicyclic) bond motifs is 1. The fourth-order valence-electron chi connectivity index (χ4n) is 1.71. The molecule has 0 saturated heterocycles. The first-order valence-electron chi connectivity index (χ1n) is 6.23. The van der Waals surface area contributed by atoms with E-state index in [0.717, 1.165) is 16.9 Å². The molecule has 0 aliphatic rings. The van der Waals surface area contributed by atoms with E-state index in [4.69, 9.17) is 5.73 Å². The maximum Gasteiger partial charge on any atom is 0.230 e. The van der Waals surface area contributed by atoms with Gasteiger partial charge in [0, 0.05) is 13.1 Å². The second-order valence-corrected chi connectivity index (χ2v) is 5.56. The first-order valence-corrected chi connectivity index (χ1v) is 7.28. The number of para-hydroxylation sites is 2. The number of amides is 1. The second-order valence-electron chi connectivity index (χ2n) is 4.23. The van der Waals surface area contributed by atoms with Gasteiger partial charge in [0.2, 0.25) is 5.91 Å². The molecular weight excluding hydrogens is 296 g/mol. The summed E-state index contributed by atoms with van der Waals surface area (Å²) in [6.45, 7) is 3.03. The molecule has 0 saturated carbocycles. The van der Waals surface area contributed by atoms with Gasteiger partial charge in [-0.2, -0.15) is 0 Å². The Morgan fingerprint density at radius 3 is 2.95 bits per heavy atom. The highest BCUT2D eigenvalue weighted by atomic mass is 35.5. The molecule has 2 rings (SSSR count). The summed E-state index contributed by atoms with van der Waals surface area (Å²) in [6.07, 6.45) is 0. The average Bonchev–Trinajstić information content (AvgIpc) is 2.86. The van der Waals surface area contributed by atoms with E-state index in [2.05, 4.69) is 15.3 Å². The van der Waals surface area contributed by atoms with Gasteiger partial charge in [-0.25, -0.2) is 4.98 Å². The van der Waals surface area contributed by atoms with Crippen molar-refractivity contribution in [3.63, 3.8) is 0 Å². The summed E-state index contributed by atoms with van der Waals surface area (Å²) in [5.41, 5.74) is 7.31. The minimum Gasteiger partial charge on any atom is -0.354 e. The molecule has 4 N–H and O–H groups in total. The van der Waals surface area contributed by atoms with Crippen LogP contribution in [-0.2, 0) is 4.79 Å². The molecule has 1 aromatic carbocycles. The van der Waals surface area contributed by atoms with Gasteiger partial charge in [0.25, 0.3) is 0 Å². The number of benzene rings is 1. The summed E-state index contributed by atoms with van der Waals surface area (Å²) in [7, 11) is 0. The number of aromatic amines is 1. The lowest BCUT2D eigenvalue weighted by Gasteiger charge is -2.08. The fraction of sp³-hybridized carbons (Fsp3) is 0.385. The number of aromatic nitrogens is 2. The number of nitrogens with two attached hydrogens (primary N) is 1. The van der Waals surface area contributed by atoms with Crippen LogP contribution in [0.2, 0.25) is 0 Å². The number of nitrogens with one attached hydrogen (secondary N) is 2. The zero-order valence-electron chi connectivity index (χ0n) is 11.3. The number of hydrogen-bond donors (Lipinski definition) is 3. The van der Waals surface area contributed by atoms with Crippen molar-refractivity contribution in [2.75, 3.05) is 18.8 Å². The van der Waals surface area contributed by atoms with Crippen LogP contribution in [-0.4, -0.2) is 34.7 Å². The molecule has 110 valence electrons. The van der Waals surface area contributed by atoms with Gasteiger partial charge in [-0.1, -0.05) is 12.1 Å². The predicted octanol–water partition coefficient (Wildman–Crippen LogP) is 1.85. The van der Waals surface area contributed by atoms with E-state index in [1.54, 1.807) is 11.8 Å². The SMILES string of the molecule is CC(SCC(=O)NCCN)c1nc2ccccc2[nH]1.Cl. The van der Waals surface area contributed by atoms with Crippen molar-refractivity contribution in [2.24, 2.45) is 5.73 Å². The Labute approximate surface area is 128 Å². The highest BCUT2D eigenvalue weighted by Crippen LogP contribution is 2.27. The Morgan fingerprint density at radius 1 is 1.50 bits per heavy atom. The van der Waals surface area contributed by atoms with E-state index >= 15 is 0 Å². The molecular formula is C13H19ClN4OS. The van der Waals surface area contributed by atoms with Crippen LogP contribution in [0.15, 0.2) is 24.3 Å². The van der Waals surface area contributed by atoms with E-state index in [9.17, 15) is 4.79 Å². The molecule has 1 amide bonds. The summed E-state index contributed by atoms with van der Waals surface area (Å²) in [6, 6.07) is 7.91. The Balaban J connectivity index is 0.00000200. The normalized spacial score (nSPS) is 11.9. The van der Waals surface area contributed by atoms with Crippen molar-refractivity contribution in [1.82, 2.24) is 15.3 Å². The van der Waals surface area contributed by atoms with Gasteiger partial charge in [-0.3, -0.25) is 4.79 Å². The highest BCUT2D eigenvalue weighted by Gasteiger charge is 2.12. The van der Waals surface area contributed by atoms with Crippen LogP contribution < -0.4 is 11.1 Å². The third-order valence-electron chi connectivity index (χ3n) is 2.72. The minimum absolute atomic E-state index is 0. The molecule has 0 aliphatic carbocycles. The number of rotatable bonds is 6. The van der Waals surface area contributed by atoms with Gasteiger partial charge in [-0.05, 0) is 19.1 Å². The van der Waals surface area contributed by atoms with E-state index in [1.807, 2.05) is 31.2 Å². The molecule has 20 heavy (non-hydrogen) atoms. The fourth-order valence-corrected chi connectivity index (χ4v) is 2.48. The Bertz CT molecular complexity index is 527. The Morgan fingerprint density at radius 2 is 2.25 bits per heavy atom. The van der Waals surface area contributed by atoms with E-state index in [-0.39, 0.29) is 23.6 Å².